The Balaban J connectivity index is 2.52. The molecule has 2 N–H and O–H groups in total. The first-order valence-electron chi connectivity index (χ1n) is 5.74. The predicted molar refractivity (Wildman–Crippen MR) is 67.0 cm³/mol. The molecule has 1 rings (SSSR count). The number of hydrogen-bond donors (Lipinski definition) is 2. The van der Waals surface area contributed by atoms with Crippen LogP contribution in [0, 0.1) is 5.92 Å². The molecule has 0 aliphatic carbocycles. The van der Waals surface area contributed by atoms with E-state index in [1.807, 2.05) is 26.1 Å². The Morgan fingerprint density at radius 3 is 2.94 bits per heavy atom. The fraction of sp³-hybridized carbons (Fsp3) is 0.583. The first kappa shape index (κ1) is 12.8. The maximum atomic E-state index is 5.49. The molecule has 1 aromatic heterocycles. The normalized spacial score (nSPS) is 12.2. The van der Waals surface area contributed by atoms with Gasteiger partial charge in [0, 0.05) is 12.7 Å². The van der Waals surface area contributed by atoms with Gasteiger partial charge in [0.05, 0.1) is 6.61 Å². The smallest absolute Gasteiger partial charge is 0.168 e. The maximum Gasteiger partial charge on any atom is 0.168 e. The van der Waals surface area contributed by atoms with E-state index >= 15 is 0 Å². The molecule has 4 nitrogen and oxygen atoms in total. The van der Waals surface area contributed by atoms with E-state index in [0.29, 0.717) is 12.5 Å². The minimum atomic E-state index is 0.557. The maximum absolute atomic E-state index is 5.49. The first-order valence-corrected chi connectivity index (χ1v) is 5.74. The lowest BCUT2D eigenvalue weighted by molar-refractivity contribution is 0.340. The summed E-state index contributed by atoms with van der Waals surface area (Å²) >= 11 is 0. The van der Waals surface area contributed by atoms with Gasteiger partial charge >= 0.3 is 0 Å². The van der Waals surface area contributed by atoms with E-state index in [4.69, 9.17) is 4.74 Å². The fourth-order valence-electron chi connectivity index (χ4n) is 1.49. The standard InChI is InChI=1S/C12H21N3O/c1-4-16-11-6-5-7-14-12(11)15-9-10(2)8-13-3/h5-7,10,13H,4,8-9H2,1-3H3,(H,14,15). The van der Waals surface area contributed by atoms with Crippen LogP contribution in [-0.4, -0.2) is 31.7 Å². The number of anilines is 1. The van der Waals surface area contributed by atoms with E-state index in [1.54, 1.807) is 6.20 Å². The van der Waals surface area contributed by atoms with Gasteiger partial charge in [0.2, 0.25) is 0 Å². The average Bonchev–Trinajstić information content (AvgIpc) is 2.29. The van der Waals surface area contributed by atoms with Crippen molar-refractivity contribution < 1.29 is 4.74 Å². The van der Waals surface area contributed by atoms with Crippen molar-refractivity contribution in [3.8, 4) is 5.75 Å². The molecule has 0 saturated carbocycles. The number of rotatable bonds is 7. The zero-order valence-corrected chi connectivity index (χ0v) is 10.3. The van der Waals surface area contributed by atoms with Crippen LogP contribution in [0.2, 0.25) is 0 Å². The topological polar surface area (TPSA) is 46.2 Å². The second kappa shape index (κ2) is 7.06. The number of nitrogens with one attached hydrogen (secondary N) is 2. The van der Waals surface area contributed by atoms with Gasteiger partial charge in [-0.1, -0.05) is 6.92 Å². The van der Waals surface area contributed by atoms with E-state index in [0.717, 1.165) is 24.7 Å². The van der Waals surface area contributed by atoms with Gasteiger partial charge < -0.3 is 15.4 Å². The molecule has 0 aliphatic heterocycles. The predicted octanol–water partition coefficient (Wildman–Crippen LogP) is 1.75. The minimum absolute atomic E-state index is 0.557. The van der Waals surface area contributed by atoms with Crippen molar-refractivity contribution in [2.24, 2.45) is 5.92 Å². The third kappa shape index (κ3) is 4.06. The first-order chi connectivity index (χ1) is 7.77. The second-order valence-corrected chi connectivity index (χ2v) is 3.83. The third-order valence-electron chi connectivity index (χ3n) is 2.24. The molecule has 0 bridgehead atoms. The molecule has 0 aromatic carbocycles. The zero-order chi connectivity index (χ0) is 11.8. The highest BCUT2D eigenvalue weighted by Crippen LogP contribution is 2.20. The zero-order valence-electron chi connectivity index (χ0n) is 10.3. The molecule has 0 amide bonds. The van der Waals surface area contributed by atoms with E-state index in [1.165, 1.54) is 0 Å². The monoisotopic (exact) mass is 223 g/mol. The quantitative estimate of drug-likeness (QED) is 0.739. The van der Waals surface area contributed by atoms with Crippen molar-refractivity contribution in [1.29, 1.82) is 0 Å². The molecule has 1 unspecified atom stereocenters. The van der Waals surface area contributed by atoms with Crippen molar-refractivity contribution in [2.75, 3.05) is 32.1 Å². The van der Waals surface area contributed by atoms with Crippen LogP contribution in [0.3, 0.4) is 0 Å². The van der Waals surface area contributed by atoms with Crippen LogP contribution in [0.5, 0.6) is 5.75 Å². The van der Waals surface area contributed by atoms with Crippen LogP contribution < -0.4 is 15.4 Å². The largest absolute Gasteiger partial charge is 0.490 e. The van der Waals surface area contributed by atoms with Crippen LogP contribution in [0.4, 0.5) is 5.82 Å². The fourth-order valence-corrected chi connectivity index (χ4v) is 1.49. The summed E-state index contributed by atoms with van der Waals surface area (Å²) in [5.74, 6) is 2.20. The van der Waals surface area contributed by atoms with Gasteiger partial charge in [0.1, 0.15) is 0 Å². The highest BCUT2D eigenvalue weighted by Gasteiger charge is 2.05. The van der Waals surface area contributed by atoms with Gasteiger partial charge in [0.15, 0.2) is 11.6 Å². The Hall–Kier alpha value is -1.29. The average molecular weight is 223 g/mol. The summed E-state index contributed by atoms with van der Waals surface area (Å²) in [6.07, 6.45) is 1.77. The lowest BCUT2D eigenvalue weighted by Gasteiger charge is -2.14. The molecule has 1 atom stereocenters. The van der Waals surface area contributed by atoms with Gasteiger partial charge in [0.25, 0.3) is 0 Å². The number of aromatic nitrogens is 1. The van der Waals surface area contributed by atoms with Gasteiger partial charge in [-0.15, -0.1) is 0 Å². The Labute approximate surface area is 97.4 Å². The molecule has 0 saturated heterocycles. The summed E-state index contributed by atoms with van der Waals surface area (Å²) in [7, 11) is 1.96. The second-order valence-electron chi connectivity index (χ2n) is 3.83. The minimum Gasteiger partial charge on any atom is -0.490 e. The van der Waals surface area contributed by atoms with Gasteiger partial charge in [-0.2, -0.15) is 0 Å². The summed E-state index contributed by atoms with van der Waals surface area (Å²) in [5.41, 5.74) is 0. The van der Waals surface area contributed by atoms with E-state index < -0.39 is 0 Å². The van der Waals surface area contributed by atoms with Crippen LogP contribution in [0.1, 0.15) is 13.8 Å². The van der Waals surface area contributed by atoms with Gasteiger partial charge in [-0.05, 0) is 38.6 Å². The highest BCUT2D eigenvalue weighted by molar-refractivity contribution is 5.49. The van der Waals surface area contributed by atoms with Crippen molar-refractivity contribution in [1.82, 2.24) is 10.3 Å². The summed E-state index contributed by atoms with van der Waals surface area (Å²) in [4.78, 5) is 4.27. The molecule has 4 heteroatoms. The number of ether oxygens (including phenoxy) is 1. The summed E-state index contributed by atoms with van der Waals surface area (Å²) in [5, 5.41) is 6.46. The SMILES string of the molecule is CCOc1cccnc1NCC(C)CNC. The molecule has 1 heterocycles. The molecular formula is C12H21N3O. The van der Waals surface area contributed by atoms with Crippen molar-refractivity contribution in [3.63, 3.8) is 0 Å². The number of nitrogens with zero attached hydrogens (tertiary/aromatic N) is 1. The molecule has 1 aromatic rings. The molecular weight excluding hydrogens is 202 g/mol. The lowest BCUT2D eigenvalue weighted by atomic mass is 10.2. The van der Waals surface area contributed by atoms with E-state index in [2.05, 4.69) is 22.5 Å². The van der Waals surface area contributed by atoms with E-state index in [-0.39, 0.29) is 0 Å². The van der Waals surface area contributed by atoms with Crippen LogP contribution in [0.15, 0.2) is 18.3 Å². The summed E-state index contributed by atoms with van der Waals surface area (Å²) in [6, 6.07) is 3.81. The molecule has 0 radical (unpaired) electrons. The van der Waals surface area contributed by atoms with Crippen molar-refractivity contribution >= 4 is 5.82 Å². The number of hydrogen-bond acceptors (Lipinski definition) is 4. The summed E-state index contributed by atoms with van der Waals surface area (Å²) in [6.45, 7) is 6.70. The van der Waals surface area contributed by atoms with Gasteiger partial charge in [-0.25, -0.2) is 4.98 Å². The third-order valence-corrected chi connectivity index (χ3v) is 2.24. The Morgan fingerprint density at radius 1 is 1.44 bits per heavy atom. The van der Waals surface area contributed by atoms with E-state index in [9.17, 15) is 0 Å². The highest BCUT2D eigenvalue weighted by atomic mass is 16.5. The Kier molecular flexibility index (Phi) is 5.64. The molecule has 90 valence electrons. The number of pyridine rings is 1. The molecule has 16 heavy (non-hydrogen) atoms. The van der Waals surface area contributed by atoms with Gasteiger partial charge in [-0.3, -0.25) is 0 Å². The van der Waals surface area contributed by atoms with Crippen LogP contribution >= 0.6 is 0 Å². The molecule has 0 fully saturated rings. The Morgan fingerprint density at radius 2 is 2.25 bits per heavy atom. The summed E-state index contributed by atoms with van der Waals surface area (Å²) < 4.78 is 5.49. The van der Waals surface area contributed by atoms with Crippen molar-refractivity contribution in [3.05, 3.63) is 18.3 Å². The van der Waals surface area contributed by atoms with Crippen LogP contribution in [-0.2, 0) is 0 Å². The van der Waals surface area contributed by atoms with Crippen LogP contribution in [0.25, 0.3) is 0 Å². The lowest BCUT2D eigenvalue weighted by Crippen LogP contribution is -2.23. The Bertz CT molecular complexity index is 304. The van der Waals surface area contributed by atoms with Crippen molar-refractivity contribution in [2.45, 2.75) is 13.8 Å². The molecule has 0 spiro atoms. The molecule has 0 aliphatic rings.